The number of thiazole rings is 1. The molecule has 0 spiro atoms. The van der Waals surface area contributed by atoms with Gasteiger partial charge in [0.25, 0.3) is 0 Å². The molecule has 2 aromatic heterocycles. The molecule has 0 aliphatic heterocycles. The Bertz CT molecular complexity index is 1100. The van der Waals surface area contributed by atoms with Crippen molar-refractivity contribution in [3.63, 3.8) is 0 Å². The molecular weight excluding hydrogens is 434 g/mol. The molecule has 160 valence electrons. The van der Waals surface area contributed by atoms with Crippen LogP contribution in [0.3, 0.4) is 0 Å². The van der Waals surface area contributed by atoms with Crippen LogP contribution in [0.5, 0.6) is 0 Å². The first-order valence-electron chi connectivity index (χ1n) is 9.90. The summed E-state index contributed by atoms with van der Waals surface area (Å²) in [6, 6.07) is 5.25. The van der Waals surface area contributed by atoms with E-state index >= 15 is 0 Å². The van der Waals surface area contributed by atoms with E-state index in [1.165, 1.54) is 23.1 Å². The number of carbonyl (C=O) groups excluding carboxylic acids is 3. The average molecular weight is 456 g/mol. The molecule has 0 atom stereocenters. The lowest BCUT2D eigenvalue weighted by atomic mass is 9.94. The minimum atomic E-state index is -0.847. The zero-order valence-corrected chi connectivity index (χ0v) is 18.4. The third kappa shape index (κ3) is 5.20. The van der Waals surface area contributed by atoms with Crippen LogP contribution in [0.2, 0.25) is 0 Å². The first-order valence-corrected chi connectivity index (χ1v) is 11.5. The Morgan fingerprint density at radius 1 is 1.13 bits per heavy atom. The highest BCUT2D eigenvalue weighted by Gasteiger charge is 2.27. The third-order valence-corrected chi connectivity index (χ3v) is 6.93. The van der Waals surface area contributed by atoms with E-state index in [1.807, 2.05) is 6.92 Å². The zero-order valence-electron chi connectivity index (χ0n) is 16.8. The van der Waals surface area contributed by atoms with Crippen molar-refractivity contribution in [2.75, 3.05) is 10.6 Å². The number of nitrogens with one attached hydrogen (secondary N) is 3. The van der Waals surface area contributed by atoms with Crippen molar-refractivity contribution in [3.05, 3.63) is 47.9 Å². The van der Waals surface area contributed by atoms with Crippen molar-refractivity contribution in [2.24, 2.45) is 5.92 Å². The number of imidazole rings is 1. The molecule has 1 fully saturated rings. The van der Waals surface area contributed by atoms with Gasteiger partial charge in [-0.05, 0) is 43.7 Å². The second-order valence-corrected chi connectivity index (χ2v) is 9.60. The number of carbonyl (C=O) groups is 3. The molecule has 1 aliphatic rings. The maximum atomic E-state index is 12.9. The second-order valence-electron chi connectivity index (χ2n) is 7.28. The number of aromatic amines is 1. The van der Waals surface area contributed by atoms with Gasteiger partial charge in [0.05, 0.1) is 16.1 Å². The summed E-state index contributed by atoms with van der Waals surface area (Å²) in [6.45, 7) is 1.89. The third-order valence-electron chi connectivity index (χ3n) is 5.00. The van der Waals surface area contributed by atoms with E-state index < -0.39 is 11.8 Å². The topological polar surface area (TPSA) is 117 Å². The van der Waals surface area contributed by atoms with Crippen molar-refractivity contribution < 1.29 is 14.4 Å². The van der Waals surface area contributed by atoms with Crippen molar-refractivity contribution in [2.45, 2.75) is 42.0 Å². The number of benzene rings is 1. The van der Waals surface area contributed by atoms with Crippen LogP contribution < -0.4 is 10.6 Å². The van der Waals surface area contributed by atoms with Gasteiger partial charge in [-0.3, -0.25) is 19.7 Å². The van der Waals surface area contributed by atoms with Crippen LogP contribution in [-0.2, 0) is 9.59 Å². The first kappa shape index (κ1) is 21.3. The molecule has 1 aromatic carbocycles. The van der Waals surface area contributed by atoms with Gasteiger partial charge in [-0.2, -0.15) is 0 Å². The Balaban J connectivity index is 1.41. The number of H-pyrrole nitrogens is 1. The number of ketones is 1. The molecule has 2 amide bonds. The van der Waals surface area contributed by atoms with E-state index in [0.717, 1.165) is 35.5 Å². The summed E-state index contributed by atoms with van der Waals surface area (Å²) >= 11 is 2.61. The summed E-state index contributed by atoms with van der Waals surface area (Å²) in [4.78, 5) is 49.0. The average Bonchev–Trinajstić information content (AvgIpc) is 3.52. The summed E-state index contributed by atoms with van der Waals surface area (Å²) in [7, 11) is 0. The predicted octanol–water partition coefficient (Wildman–Crippen LogP) is 4.28. The van der Waals surface area contributed by atoms with Gasteiger partial charge in [0.2, 0.25) is 0 Å². The molecule has 0 bridgehead atoms. The van der Waals surface area contributed by atoms with E-state index in [1.54, 1.807) is 36.8 Å². The molecular formula is C21H21N5O3S2. The maximum absolute atomic E-state index is 12.9. The summed E-state index contributed by atoms with van der Waals surface area (Å²) in [5.41, 5.74) is 1.74. The van der Waals surface area contributed by atoms with Crippen molar-refractivity contribution in [3.8, 4) is 0 Å². The lowest BCUT2D eigenvalue weighted by Crippen LogP contribution is -2.30. The lowest BCUT2D eigenvalue weighted by molar-refractivity contribution is -0.133. The highest BCUT2D eigenvalue weighted by Crippen LogP contribution is 2.32. The second kappa shape index (κ2) is 9.44. The standard InChI is InChI=1S/C21H21N5O3S2/c1-12-6-7-15(14(10-12)17(27)13-4-2-3-5-13)25-18(28)19(29)26-21-24-11-16(31-21)30-20-22-8-9-23-20/h6-11,13H,2-5H2,1H3,(H,22,23)(H,25,28)(H,24,26,29). The van der Waals surface area contributed by atoms with Crippen molar-refractivity contribution >= 4 is 51.5 Å². The number of hydrogen-bond donors (Lipinski definition) is 3. The molecule has 1 saturated carbocycles. The number of nitrogens with zero attached hydrogens (tertiary/aromatic N) is 2. The Morgan fingerprint density at radius 3 is 2.65 bits per heavy atom. The first-order chi connectivity index (χ1) is 15.0. The summed E-state index contributed by atoms with van der Waals surface area (Å²) in [5, 5.41) is 6.11. The molecule has 8 nitrogen and oxygen atoms in total. The van der Waals surface area contributed by atoms with Crippen LogP contribution in [0, 0.1) is 12.8 Å². The number of amides is 2. The molecule has 3 N–H and O–H groups in total. The fraction of sp³-hybridized carbons (Fsp3) is 0.286. The number of aryl methyl sites for hydroxylation is 1. The lowest BCUT2D eigenvalue weighted by Gasteiger charge is -2.14. The van der Waals surface area contributed by atoms with Crippen LogP contribution in [0.1, 0.15) is 41.6 Å². The van der Waals surface area contributed by atoms with Gasteiger partial charge < -0.3 is 10.3 Å². The largest absolute Gasteiger partial charge is 0.339 e. The normalized spacial score (nSPS) is 13.8. The van der Waals surface area contributed by atoms with Crippen LogP contribution in [0.25, 0.3) is 0 Å². The predicted molar refractivity (Wildman–Crippen MR) is 120 cm³/mol. The van der Waals surface area contributed by atoms with Gasteiger partial charge in [0, 0.05) is 23.9 Å². The van der Waals surface area contributed by atoms with Crippen LogP contribution in [0.4, 0.5) is 10.8 Å². The fourth-order valence-electron chi connectivity index (χ4n) is 3.48. The Kier molecular flexibility index (Phi) is 6.47. The Labute approximate surface area is 187 Å². The van der Waals surface area contributed by atoms with E-state index in [2.05, 4.69) is 25.6 Å². The van der Waals surface area contributed by atoms with Crippen LogP contribution in [0.15, 0.2) is 46.2 Å². The van der Waals surface area contributed by atoms with Crippen molar-refractivity contribution in [1.29, 1.82) is 0 Å². The number of rotatable bonds is 6. The number of hydrogen-bond acceptors (Lipinski definition) is 7. The molecule has 10 heteroatoms. The summed E-state index contributed by atoms with van der Waals surface area (Å²) in [5.74, 6) is -1.69. The monoisotopic (exact) mass is 455 g/mol. The molecule has 1 aliphatic carbocycles. The molecule has 0 unspecified atom stereocenters. The zero-order chi connectivity index (χ0) is 21.8. The fourth-order valence-corrected chi connectivity index (χ4v) is 5.20. The van der Waals surface area contributed by atoms with E-state index in [4.69, 9.17) is 0 Å². The highest BCUT2D eigenvalue weighted by atomic mass is 32.2. The van der Waals surface area contributed by atoms with Crippen LogP contribution >= 0.6 is 23.1 Å². The van der Waals surface area contributed by atoms with Gasteiger partial charge in [-0.15, -0.1) is 0 Å². The Morgan fingerprint density at radius 2 is 1.90 bits per heavy atom. The molecule has 0 saturated heterocycles. The highest BCUT2D eigenvalue weighted by molar-refractivity contribution is 8.01. The SMILES string of the molecule is Cc1ccc(NC(=O)C(=O)Nc2ncc(Sc3ncc[nH]3)s2)c(C(=O)C2CCCC2)c1. The Hall–Kier alpha value is -2.98. The smallest absolute Gasteiger partial charge is 0.315 e. The molecule has 2 heterocycles. The van der Waals surface area contributed by atoms with Crippen LogP contribution in [-0.4, -0.2) is 32.5 Å². The van der Waals surface area contributed by atoms with Gasteiger partial charge in [0.1, 0.15) is 0 Å². The van der Waals surface area contributed by atoms with E-state index in [0.29, 0.717) is 21.5 Å². The van der Waals surface area contributed by atoms with E-state index in [-0.39, 0.29) is 11.7 Å². The summed E-state index contributed by atoms with van der Waals surface area (Å²) in [6.07, 6.45) is 8.77. The van der Waals surface area contributed by atoms with Crippen molar-refractivity contribution in [1.82, 2.24) is 15.0 Å². The minimum Gasteiger partial charge on any atom is -0.339 e. The number of anilines is 2. The minimum absolute atomic E-state index is 0.0216. The van der Waals surface area contributed by atoms with Gasteiger partial charge in [-0.25, -0.2) is 9.97 Å². The summed E-state index contributed by atoms with van der Waals surface area (Å²) < 4.78 is 0.814. The quantitative estimate of drug-likeness (QED) is 0.377. The number of Topliss-reactive ketones (excluding diaryl/α,β-unsaturated/α-hetero) is 1. The molecule has 4 rings (SSSR count). The van der Waals surface area contributed by atoms with E-state index in [9.17, 15) is 14.4 Å². The number of aromatic nitrogens is 3. The molecule has 3 aromatic rings. The molecule has 31 heavy (non-hydrogen) atoms. The van der Waals surface area contributed by atoms with Gasteiger partial charge in [0.15, 0.2) is 16.1 Å². The molecule has 0 radical (unpaired) electrons. The van der Waals surface area contributed by atoms with Gasteiger partial charge >= 0.3 is 11.8 Å². The maximum Gasteiger partial charge on any atom is 0.315 e. The van der Waals surface area contributed by atoms with Gasteiger partial charge in [-0.1, -0.05) is 35.8 Å².